The molecule has 1 amide bonds. The number of carbonyl (C=O) groups is 2. The molecule has 2 aromatic rings. The topological polar surface area (TPSA) is 108 Å². The van der Waals surface area contributed by atoms with Crippen molar-refractivity contribution in [2.75, 3.05) is 7.05 Å². The fourth-order valence-corrected chi connectivity index (χ4v) is 2.76. The van der Waals surface area contributed by atoms with Gasteiger partial charge in [-0.05, 0) is 19.9 Å². The van der Waals surface area contributed by atoms with Crippen molar-refractivity contribution >= 4 is 17.6 Å². The lowest BCUT2D eigenvalue weighted by Crippen LogP contribution is -2.26. The Hall–Kier alpha value is -3.23. The minimum absolute atomic E-state index is 0.0325. The average molecular weight is 344 g/mol. The number of nitrogens with zero attached hydrogens (tertiary/aromatic N) is 4. The minimum Gasteiger partial charge on any atom is -0.458 e. The van der Waals surface area contributed by atoms with Gasteiger partial charge in [0.15, 0.2) is 5.69 Å². The fraction of sp³-hybridized carbons (Fsp3) is 0.312. The highest BCUT2D eigenvalue weighted by Gasteiger charge is 2.33. The summed E-state index contributed by atoms with van der Waals surface area (Å²) in [6.07, 6.45) is 1.06. The van der Waals surface area contributed by atoms with Crippen LogP contribution in [0.4, 0.5) is 5.69 Å². The average Bonchev–Trinajstić information content (AvgIpc) is 2.91. The molecule has 0 atom stereocenters. The monoisotopic (exact) mass is 344 g/mol. The van der Waals surface area contributed by atoms with Crippen molar-refractivity contribution < 1.29 is 19.2 Å². The number of benzene rings is 1. The van der Waals surface area contributed by atoms with Crippen LogP contribution in [-0.2, 0) is 11.3 Å². The zero-order valence-corrected chi connectivity index (χ0v) is 13.9. The van der Waals surface area contributed by atoms with Crippen molar-refractivity contribution in [1.29, 1.82) is 0 Å². The zero-order valence-electron chi connectivity index (χ0n) is 13.9. The second-order valence-electron chi connectivity index (χ2n) is 5.95. The maximum atomic E-state index is 12.7. The zero-order chi connectivity index (χ0) is 18.3. The summed E-state index contributed by atoms with van der Waals surface area (Å²) in [5, 5.41) is 11.3. The Balaban J connectivity index is 2.22. The number of imidazole rings is 1. The van der Waals surface area contributed by atoms with Crippen LogP contribution >= 0.6 is 0 Å². The van der Waals surface area contributed by atoms with E-state index in [9.17, 15) is 19.7 Å². The lowest BCUT2D eigenvalue weighted by atomic mass is 10.1. The standard InChI is InChI=1S/C16H16N4O5/c1-9(2)25-16(22)14-12-7-18(3)15(21)13-10(19(12)8-17-14)5-4-6-11(13)20(23)24/h4-6,8-9H,7H2,1-3H3. The van der Waals surface area contributed by atoms with Gasteiger partial charge in [0.1, 0.15) is 11.9 Å². The van der Waals surface area contributed by atoms with Gasteiger partial charge in [-0.1, -0.05) is 6.07 Å². The SMILES string of the molecule is CC(C)OC(=O)c1ncn2c1CN(C)C(=O)c1c-2cccc1[N+](=O)[O-]. The molecule has 0 fully saturated rings. The summed E-state index contributed by atoms with van der Waals surface area (Å²) in [6, 6.07) is 4.36. The number of nitro benzene ring substituents is 1. The third kappa shape index (κ3) is 2.73. The number of fused-ring (bicyclic) bond motifs is 3. The number of carbonyl (C=O) groups excluding carboxylic acids is 2. The second-order valence-corrected chi connectivity index (χ2v) is 5.95. The molecule has 2 heterocycles. The molecule has 0 radical (unpaired) electrons. The lowest BCUT2D eigenvalue weighted by molar-refractivity contribution is -0.385. The molecule has 9 heteroatoms. The Bertz CT molecular complexity index is 887. The van der Waals surface area contributed by atoms with Crippen LogP contribution in [0.25, 0.3) is 5.69 Å². The summed E-state index contributed by atoms with van der Waals surface area (Å²) >= 11 is 0. The first-order valence-electron chi connectivity index (χ1n) is 7.61. The van der Waals surface area contributed by atoms with Crippen LogP contribution in [0.3, 0.4) is 0 Å². The van der Waals surface area contributed by atoms with Crippen molar-refractivity contribution in [1.82, 2.24) is 14.5 Å². The second kappa shape index (κ2) is 6.00. The van der Waals surface area contributed by atoms with Gasteiger partial charge in [-0.2, -0.15) is 0 Å². The summed E-state index contributed by atoms with van der Waals surface area (Å²) in [5.74, 6) is -1.09. The van der Waals surface area contributed by atoms with E-state index in [4.69, 9.17) is 4.74 Å². The van der Waals surface area contributed by atoms with Crippen LogP contribution < -0.4 is 0 Å². The lowest BCUT2D eigenvalue weighted by Gasteiger charge is -2.14. The number of hydrogen-bond acceptors (Lipinski definition) is 6. The van der Waals surface area contributed by atoms with E-state index in [0.717, 1.165) is 0 Å². The van der Waals surface area contributed by atoms with Gasteiger partial charge in [0.05, 0.1) is 29.0 Å². The molecule has 9 nitrogen and oxygen atoms in total. The molecule has 0 unspecified atom stereocenters. The van der Waals surface area contributed by atoms with Crippen molar-refractivity contribution in [3.63, 3.8) is 0 Å². The fourth-order valence-electron chi connectivity index (χ4n) is 2.76. The van der Waals surface area contributed by atoms with Gasteiger partial charge in [0.2, 0.25) is 0 Å². The van der Waals surface area contributed by atoms with E-state index >= 15 is 0 Å². The van der Waals surface area contributed by atoms with Crippen molar-refractivity contribution in [2.45, 2.75) is 26.5 Å². The normalized spacial score (nSPS) is 13.3. The number of rotatable bonds is 3. The molecule has 1 aromatic carbocycles. The molecule has 1 aliphatic rings. The van der Waals surface area contributed by atoms with Gasteiger partial charge in [-0.25, -0.2) is 9.78 Å². The Morgan fingerprint density at radius 3 is 2.76 bits per heavy atom. The summed E-state index contributed by atoms with van der Waals surface area (Å²) in [6.45, 7) is 3.52. The highest BCUT2D eigenvalue weighted by atomic mass is 16.6. The van der Waals surface area contributed by atoms with Crippen LogP contribution in [0.1, 0.15) is 40.4 Å². The highest BCUT2D eigenvalue weighted by molar-refractivity contribution is 6.02. The largest absolute Gasteiger partial charge is 0.458 e. The van der Waals surface area contributed by atoms with Crippen LogP contribution in [0.5, 0.6) is 0 Å². The van der Waals surface area contributed by atoms with Crippen molar-refractivity contribution in [3.05, 3.63) is 51.6 Å². The van der Waals surface area contributed by atoms with E-state index < -0.39 is 16.8 Å². The molecule has 0 spiro atoms. The first-order chi connectivity index (χ1) is 11.8. The van der Waals surface area contributed by atoms with E-state index in [2.05, 4.69) is 4.98 Å². The molecular formula is C16H16N4O5. The molecule has 130 valence electrons. The van der Waals surface area contributed by atoms with Crippen LogP contribution in [0.2, 0.25) is 0 Å². The van der Waals surface area contributed by atoms with E-state index in [1.165, 1.54) is 35.0 Å². The molecule has 0 saturated heterocycles. The first-order valence-corrected chi connectivity index (χ1v) is 7.61. The molecular weight excluding hydrogens is 328 g/mol. The summed E-state index contributed by atoms with van der Waals surface area (Å²) in [4.78, 5) is 41.1. The Kier molecular flexibility index (Phi) is 3.99. The number of esters is 1. The number of aromatic nitrogens is 2. The predicted molar refractivity (Wildman–Crippen MR) is 86.6 cm³/mol. The van der Waals surface area contributed by atoms with Gasteiger partial charge in [0, 0.05) is 13.1 Å². The number of nitro groups is 1. The molecule has 0 saturated carbocycles. The van der Waals surface area contributed by atoms with Gasteiger partial charge < -0.3 is 9.64 Å². The van der Waals surface area contributed by atoms with Crippen LogP contribution in [0.15, 0.2) is 24.5 Å². The summed E-state index contributed by atoms with van der Waals surface area (Å²) in [5.41, 5.74) is 0.528. The van der Waals surface area contributed by atoms with Crippen molar-refractivity contribution in [2.24, 2.45) is 0 Å². The molecule has 3 rings (SSSR count). The molecule has 0 bridgehead atoms. The maximum Gasteiger partial charge on any atom is 0.359 e. The molecule has 0 N–H and O–H groups in total. The summed E-state index contributed by atoms with van der Waals surface area (Å²) < 4.78 is 6.72. The number of hydrogen-bond donors (Lipinski definition) is 0. The van der Waals surface area contributed by atoms with Gasteiger partial charge in [-0.15, -0.1) is 0 Å². The number of ether oxygens (including phenoxy) is 1. The van der Waals surface area contributed by atoms with Crippen LogP contribution in [0, 0.1) is 10.1 Å². The Morgan fingerprint density at radius 1 is 1.40 bits per heavy atom. The predicted octanol–water partition coefficient (Wildman–Crippen LogP) is 1.93. The quantitative estimate of drug-likeness (QED) is 0.478. The summed E-state index contributed by atoms with van der Waals surface area (Å²) in [7, 11) is 1.52. The van der Waals surface area contributed by atoms with Crippen LogP contribution in [-0.4, -0.2) is 44.4 Å². The molecule has 1 aromatic heterocycles. The smallest absolute Gasteiger partial charge is 0.359 e. The first kappa shape index (κ1) is 16.6. The highest BCUT2D eigenvalue weighted by Crippen LogP contribution is 2.31. The van der Waals surface area contributed by atoms with Gasteiger partial charge >= 0.3 is 5.97 Å². The Labute approximate surface area is 143 Å². The minimum atomic E-state index is -0.599. The van der Waals surface area contributed by atoms with E-state index in [1.807, 2.05) is 0 Å². The van der Waals surface area contributed by atoms with E-state index in [-0.39, 0.29) is 29.6 Å². The number of amides is 1. The maximum absolute atomic E-state index is 12.7. The van der Waals surface area contributed by atoms with Crippen molar-refractivity contribution in [3.8, 4) is 5.69 Å². The van der Waals surface area contributed by atoms with E-state index in [0.29, 0.717) is 11.4 Å². The molecule has 25 heavy (non-hydrogen) atoms. The Morgan fingerprint density at radius 2 is 2.12 bits per heavy atom. The van der Waals surface area contributed by atoms with E-state index in [1.54, 1.807) is 19.9 Å². The third-order valence-corrected chi connectivity index (χ3v) is 3.83. The van der Waals surface area contributed by atoms with Gasteiger partial charge in [0.25, 0.3) is 11.6 Å². The molecule has 0 aliphatic carbocycles. The van der Waals surface area contributed by atoms with Gasteiger partial charge in [-0.3, -0.25) is 19.5 Å². The third-order valence-electron chi connectivity index (χ3n) is 3.83. The molecule has 1 aliphatic heterocycles.